The minimum Gasteiger partial charge on any atom is -0.456 e. The molecule has 128 valence electrons. The second-order valence-electron chi connectivity index (χ2n) is 7.51. The maximum absolute atomic E-state index is 12.5. The van der Waals surface area contributed by atoms with Crippen LogP contribution < -0.4 is 5.32 Å². The fourth-order valence-corrected chi connectivity index (χ4v) is 2.78. The Bertz CT molecular complexity index is 748. The minimum absolute atomic E-state index is 0. The molecule has 0 amide bonds. The molecular weight excluding hydrogens is 302 g/mol. The Balaban J connectivity index is 0.00000225. The molecule has 0 spiro atoms. The highest BCUT2D eigenvalue weighted by Crippen LogP contribution is 2.39. The zero-order valence-electron chi connectivity index (χ0n) is 14.6. The number of nitrogens with one attached hydrogen (secondary N) is 1. The van der Waals surface area contributed by atoms with Gasteiger partial charge in [0.2, 0.25) is 0 Å². The Kier molecular flexibility index (Phi) is 4.03. The number of allylic oxidation sites excluding steroid dienone is 2. The van der Waals surface area contributed by atoms with Gasteiger partial charge < -0.3 is 10.1 Å². The first kappa shape index (κ1) is 16.4. The number of aromatic nitrogens is 2. The lowest BCUT2D eigenvalue weighted by Gasteiger charge is -2.33. The fraction of sp³-hybridized carbons (Fsp3) is 0.421. The number of esters is 1. The van der Waals surface area contributed by atoms with Crippen LogP contribution in [0.1, 0.15) is 42.0 Å². The summed E-state index contributed by atoms with van der Waals surface area (Å²) in [5.41, 5.74) is 2.12. The lowest BCUT2D eigenvalue weighted by molar-refractivity contribution is -0.149. The van der Waals surface area contributed by atoms with Gasteiger partial charge in [-0.1, -0.05) is 6.08 Å². The smallest absolute Gasteiger partial charge is 0.338 e. The van der Waals surface area contributed by atoms with Crippen LogP contribution in [0.15, 0.2) is 53.5 Å². The summed E-state index contributed by atoms with van der Waals surface area (Å²) in [7, 11) is 0. The summed E-state index contributed by atoms with van der Waals surface area (Å²) in [6.07, 6.45) is 12.8. The van der Waals surface area contributed by atoms with Gasteiger partial charge in [0, 0.05) is 13.8 Å². The van der Waals surface area contributed by atoms with Crippen LogP contribution in [0.25, 0.3) is 0 Å². The first-order valence-electron chi connectivity index (χ1n) is 8.14. The maximum Gasteiger partial charge on any atom is 0.338 e. The quantitative estimate of drug-likeness (QED) is 0.852. The number of anilines is 1. The summed E-state index contributed by atoms with van der Waals surface area (Å²) in [6.45, 7) is 7.68. The van der Waals surface area contributed by atoms with Gasteiger partial charge in [0.1, 0.15) is 11.4 Å². The normalized spacial score (nSPS) is 22.9. The molecule has 1 N–H and O–H groups in total. The zero-order chi connectivity index (χ0) is 17.4. The largest absolute Gasteiger partial charge is 0.456 e. The molecule has 0 unspecified atom stereocenters. The molecule has 5 heteroatoms. The van der Waals surface area contributed by atoms with E-state index in [0.29, 0.717) is 11.4 Å². The zero-order valence-corrected chi connectivity index (χ0v) is 14.6. The molecule has 0 fully saturated rings. The van der Waals surface area contributed by atoms with Gasteiger partial charge in [0.05, 0.1) is 17.3 Å². The van der Waals surface area contributed by atoms with Crippen LogP contribution >= 0.6 is 0 Å². The van der Waals surface area contributed by atoms with Gasteiger partial charge in [-0.15, -0.1) is 0 Å². The van der Waals surface area contributed by atoms with Gasteiger partial charge in [0.15, 0.2) is 0 Å². The topological polar surface area (TPSA) is 64.1 Å². The van der Waals surface area contributed by atoms with Crippen molar-refractivity contribution in [2.24, 2.45) is 0 Å². The lowest BCUT2D eigenvalue weighted by Crippen LogP contribution is -2.37. The predicted octanol–water partition coefficient (Wildman–Crippen LogP) is 3.82. The van der Waals surface area contributed by atoms with Crippen molar-refractivity contribution < 1.29 is 11.0 Å². The number of ether oxygens (including phenoxy) is 1. The lowest BCUT2D eigenvalue weighted by atomic mass is 9.83. The molecule has 1 aromatic heterocycles. The van der Waals surface area contributed by atoms with Crippen LogP contribution in [-0.4, -0.2) is 27.1 Å². The summed E-state index contributed by atoms with van der Waals surface area (Å²) < 4.78 is 5.54. The Morgan fingerprint density at radius 1 is 1.33 bits per heavy atom. The number of hydrogen-bond donors (Lipinski definition) is 1. The van der Waals surface area contributed by atoms with E-state index in [-0.39, 0.29) is 7.40 Å². The molecule has 0 saturated carbocycles. The van der Waals surface area contributed by atoms with Crippen LogP contribution in [-0.2, 0) is 9.53 Å². The number of rotatable bonds is 4. The van der Waals surface area contributed by atoms with E-state index < -0.39 is 11.1 Å². The molecule has 3 rings (SSSR count). The number of nitrogens with zero attached hydrogens (tertiary/aromatic N) is 2. The van der Waals surface area contributed by atoms with E-state index in [1.54, 1.807) is 18.6 Å². The monoisotopic (exact) mass is 327 g/mol. The van der Waals surface area contributed by atoms with Crippen LogP contribution in [0.2, 0.25) is 0 Å². The van der Waals surface area contributed by atoms with Crippen molar-refractivity contribution in [3.05, 3.63) is 53.5 Å². The Morgan fingerprint density at radius 3 is 2.67 bits per heavy atom. The minimum atomic E-state index is -0.517. The van der Waals surface area contributed by atoms with Gasteiger partial charge in [-0.25, -0.2) is 9.78 Å². The summed E-state index contributed by atoms with van der Waals surface area (Å²) in [5, 5.41) is 3.39. The van der Waals surface area contributed by atoms with Crippen LogP contribution in [0.5, 0.6) is 0 Å². The number of hydrogen-bond acceptors (Lipinski definition) is 5. The van der Waals surface area contributed by atoms with Crippen LogP contribution in [0.4, 0.5) is 5.82 Å². The summed E-state index contributed by atoms with van der Waals surface area (Å²) in [4.78, 5) is 20.9. The molecule has 1 atom stereocenters. The third kappa shape index (κ3) is 4.10. The molecule has 0 saturated heterocycles. The standard InChI is InChI=1S/C19H23N3O2.H2/c1-18(2,3)24-17(23)15-9-14(13-5-6-13)10-19(4,11-15)22-16-12-20-7-8-21-16;/h5,7-9,11-12H,6,10H2,1-4H3,(H,21,22);1H/t19-;/m1./s1. The van der Waals surface area contributed by atoms with E-state index in [4.69, 9.17) is 4.74 Å². The molecule has 1 aromatic rings. The Labute approximate surface area is 144 Å². The van der Waals surface area contributed by atoms with Crippen molar-refractivity contribution in [2.75, 3.05) is 5.32 Å². The van der Waals surface area contributed by atoms with Gasteiger partial charge in [-0.05, 0) is 63.8 Å². The maximum atomic E-state index is 12.5. The van der Waals surface area contributed by atoms with Crippen LogP contribution in [0, 0.1) is 0 Å². The molecular formula is C19H25N3O2. The Morgan fingerprint density at radius 2 is 2.08 bits per heavy atom. The summed E-state index contributed by atoms with van der Waals surface area (Å²) in [5.74, 6) is 0.388. The van der Waals surface area contributed by atoms with E-state index in [2.05, 4.69) is 28.3 Å². The summed E-state index contributed by atoms with van der Waals surface area (Å²) in [6, 6.07) is 0. The predicted molar refractivity (Wildman–Crippen MR) is 95.5 cm³/mol. The average molecular weight is 327 g/mol. The fourth-order valence-electron chi connectivity index (χ4n) is 2.78. The van der Waals surface area contributed by atoms with Crippen molar-refractivity contribution >= 4 is 11.8 Å². The van der Waals surface area contributed by atoms with Crippen molar-refractivity contribution in [1.82, 2.24) is 9.97 Å². The molecule has 0 aliphatic heterocycles. The van der Waals surface area contributed by atoms with Crippen molar-refractivity contribution in [1.29, 1.82) is 0 Å². The van der Waals surface area contributed by atoms with Crippen LogP contribution in [0.3, 0.4) is 0 Å². The molecule has 2 aliphatic rings. The van der Waals surface area contributed by atoms with E-state index in [1.807, 2.05) is 32.9 Å². The Hall–Kier alpha value is -2.43. The van der Waals surface area contributed by atoms with Gasteiger partial charge in [-0.3, -0.25) is 4.98 Å². The van der Waals surface area contributed by atoms with Gasteiger partial charge in [0.25, 0.3) is 0 Å². The molecule has 0 radical (unpaired) electrons. The van der Waals surface area contributed by atoms with E-state index in [9.17, 15) is 4.79 Å². The van der Waals surface area contributed by atoms with Gasteiger partial charge >= 0.3 is 5.97 Å². The molecule has 0 aromatic carbocycles. The number of carbonyl (C=O) groups excluding carboxylic acids is 1. The first-order chi connectivity index (χ1) is 11.2. The molecule has 0 bridgehead atoms. The van der Waals surface area contributed by atoms with Crippen molar-refractivity contribution in [2.45, 2.75) is 51.7 Å². The third-order valence-corrected chi connectivity index (χ3v) is 3.79. The highest BCUT2D eigenvalue weighted by molar-refractivity contribution is 5.93. The van der Waals surface area contributed by atoms with E-state index >= 15 is 0 Å². The molecule has 2 aliphatic carbocycles. The second-order valence-corrected chi connectivity index (χ2v) is 7.51. The second kappa shape index (κ2) is 5.89. The van der Waals surface area contributed by atoms with Crippen molar-refractivity contribution in [3.63, 3.8) is 0 Å². The molecule has 5 nitrogen and oxygen atoms in total. The third-order valence-electron chi connectivity index (χ3n) is 3.79. The highest BCUT2D eigenvalue weighted by atomic mass is 16.6. The SMILES string of the molecule is CC(C)(C)OC(=O)C1=C[C@](C)(Nc2cnccn2)CC(C2=CC2)=C1.[HH]. The van der Waals surface area contributed by atoms with E-state index in [1.165, 1.54) is 11.1 Å². The molecule has 24 heavy (non-hydrogen) atoms. The first-order valence-corrected chi connectivity index (χ1v) is 8.14. The average Bonchev–Trinajstić information content (AvgIpc) is 3.30. The van der Waals surface area contributed by atoms with Gasteiger partial charge in [-0.2, -0.15) is 0 Å². The van der Waals surface area contributed by atoms with E-state index in [0.717, 1.165) is 12.8 Å². The number of carbonyl (C=O) groups is 1. The summed E-state index contributed by atoms with van der Waals surface area (Å²) >= 11 is 0. The molecule has 1 heterocycles. The highest BCUT2D eigenvalue weighted by Gasteiger charge is 2.33. The van der Waals surface area contributed by atoms with Crippen molar-refractivity contribution in [3.8, 4) is 0 Å².